The van der Waals surface area contributed by atoms with Gasteiger partial charge in [-0.05, 0) is 25.2 Å². The van der Waals surface area contributed by atoms with E-state index >= 15 is 0 Å². The van der Waals surface area contributed by atoms with Gasteiger partial charge in [-0.25, -0.2) is 0 Å². The van der Waals surface area contributed by atoms with E-state index in [2.05, 4.69) is 26.0 Å². The quantitative estimate of drug-likeness (QED) is 0.366. The molecule has 1 atom stereocenters. The van der Waals surface area contributed by atoms with Gasteiger partial charge in [-0.15, -0.1) is 0 Å². The standard InChI is InChI=1S/C13H24O2/c1-5-12(4)13(14)15-10-8-6-7-9-11(2)3/h7,9,11-12H,5-6,8,10H2,1-4H3/b9-7+. The summed E-state index contributed by atoms with van der Waals surface area (Å²) in [6.07, 6.45) is 7.10. The summed E-state index contributed by atoms with van der Waals surface area (Å²) in [5.74, 6) is 0.578. The van der Waals surface area contributed by atoms with E-state index in [4.69, 9.17) is 4.74 Å². The molecule has 0 bridgehead atoms. The molecule has 88 valence electrons. The third-order valence-electron chi connectivity index (χ3n) is 2.30. The molecule has 0 fully saturated rings. The Morgan fingerprint density at radius 1 is 1.33 bits per heavy atom. The number of unbranched alkanes of at least 4 members (excludes halogenated alkanes) is 1. The average molecular weight is 212 g/mol. The fraction of sp³-hybridized carbons (Fsp3) is 0.769. The average Bonchev–Trinajstić information content (AvgIpc) is 2.21. The van der Waals surface area contributed by atoms with Crippen molar-refractivity contribution in [3.8, 4) is 0 Å². The molecular weight excluding hydrogens is 188 g/mol. The fourth-order valence-electron chi connectivity index (χ4n) is 1.05. The molecule has 0 radical (unpaired) electrons. The van der Waals surface area contributed by atoms with Crippen LogP contribution in [-0.4, -0.2) is 12.6 Å². The van der Waals surface area contributed by atoms with Crippen LogP contribution < -0.4 is 0 Å². The third-order valence-corrected chi connectivity index (χ3v) is 2.30. The van der Waals surface area contributed by atoms with Gasteiger partial charge in [-0.1, -0.05) is 39.8 Å². The van der Waals surface area contributed by atoms with E-state index in [0.717, 1.165) is 19.3 Å². The second kappa shape index (κ2) is 8.51. The molecule has 2 heteroatoms. The smallest absolute Gasteiger partial charge is 0.308 e. The first-order valence-electron chi connectivity index (χ1n) is 5.91. The lowest BCUT2D eigenvalue weighted by Crippen LogP contribution is -2.14. The van der Waals surface area contributed by atoms with Gasteiger partial charge in [0.05, 0.1) is 12.5 Å². The van der Waals surface area contributed by atoms with Crippen molar-refractivity contribution in [1.29, 1.82) is 0 Å². The number of allylic oxidation sites excluding steroid dienone is 2. The molecule has 0 aromatic carbocycles. The van der Waals surface area contributed by atoms with Crippen molar-refractivity contribution < 1.29 is 9.53 Å². The SMILES string of the molecule is CCC(C)C(=O)OCCC/C=C/C(C)C. The van der Waals surface area contributed by atoms with Crippen molar-refractivity contribution in [2.24, 2.45) is 11.8 Å². The summed E-state index contributed by atoms with van der Waals surface area (Å²) in [5, 5.41) is 0. The highest BCUT2D eigenvalue weighted by Crippen LogP contribution is 2.04. The predicted molar refractivity (Wildman–Crippen MR) is 63.6 cm³/mol. The molecule has 0 aliphatic rings. The van der Waals surface area contributed by atoms with E-state index in [1.165, 1.54) is 0 Å². The molecule has 0 saturated heterocycles. The molecule has 0 aromatic rings. The molecule has 0 rings (SSSR count). The first-order chi connectivity index (χ1) is 7.07. The second-order valence-corrected chi connectivity index (χ2v) is 4.29. The van der Waals surface area contributed by atoms with Crippen LogP contribution in [0.5, 0.6) is 0 Å². The number of hydrogen-bond acceptors (Lipinski definition) is 2. The van der Waals surface area contributed by atoms with Crippen LogP contribution in [0.25, 0.3) is 0 Å². The van der Waals surface area contributed by atoms with E-state index in [-0.39, 0.29) is 11.9 Å². The van der Waals surface area contributed by atoms with Gasteiger partial charge in [0, 0.05) is 0 Å². The van der Waals surface area contributed by atoms with Crippen LogP contribution in [0.4, 0.5) is 0 Å². The zero-order valence-electron chi connectivity index (χ0n) is 10.5. The minimum atomic E-state index is -0.0645. The number of carbonyl (C=O) groups excluding carboxylic acids is 1. The van der Waals surface area contributed by atoms with Crippen molar-refractivity contribution in [2.75, 3.05) is 6.61 Å². The second-order valence-electron chi connectivity index (χ2n) is 4.29. The topological polar surface area (TPSA) is 26.3 Å². The fourth-order valence-corrected chi connectivity index (χ4v) is 1.05. The van der Waals surface area contributed by atoms with Crippen LogP contribution in [0, 0.1) is 11.8 Å². The number of ether oxygens (including phenoxy) is 1. The maximum atomic E-state index is 11.3. The first kappa shape index (κ1) is 14.2. The zero-order valence-corrected chi connectivity index (χ0v) is 10.5. The lowest BCUT2D eigenvalue weighted by molar-refractivity contribution is -0.148. The summed E-state index contributed by atoms with van der Waals surface area (Å²) in [6, 6.07) is 0. The Labute approximate surface area is 93.7 Å². The van der Waals surface area contributed by atoms with Gasteiger partial charge in [0.1, 0.15) is 0 Å². The molecular formula is C13H24O2. The van der Waals surface area contributed by atoms with Crippen LogP contribution >= 0.6 is 0 Å². The van der Waals surface area contributed by atoms with Crippen molar-refractivity contribution in [3.05, 3.63) is 12.2 Å². The molecule has 0 saturated carbocycles. The summed E-state index contributed by atoms with van der Waals surface area (Å²) >= 11 is 0. The Balaban J connectivity index is 3.43. The maximum absolute atomic E-state index is 11.3. The Bertz CT molecular complexity index is 195. The number of rotatable bonds is 7. The van der Waals surface area contributed by atoms with Crippen molar-refractivity contribution >= 4 is 5.97 Å². The first-order valence-corrected chi connectivity index (χ1v) is 5.91. The minimum Gasteiger partial charge on any atom is -0.465 e. The summed E-state index contributed by atoms with van der Waals surface area (Å²) < 4.78 is 5.13. The van der Waals surface area contributed by atoms with Gasteiger partial charge < -0.3 is 4.74 Å². The number of esters is 1. The Kier molecular flexibility index (Phi) is 8.06. The third kappa shape index (κ3) is 8.22. The van der Waals surface area contributed by atoms with E-state index < -0.39 is 0 Å². The molecule has 0 aromatic heterocycles. The Morgan fingerprint density at radius 2 is 2.00 bits per heavy atom. The maximum Gasteiger partial charge on any atom is 0.308 e. The van der Waals surface area contributed by atoms with Crippen molar-refractivity contribution in [2.45, 2.75) is 47.0 Å². The van der Waals surface area contributed by atoms with Crippen LogP contribution in [0.3, 0.4) is 0 Å². The molecule has 0 heterocycles. The highest BCUT2D eigenvalue weighted by molar-refractivity contribution is 5.71. The van der Waals surface area contributed by atoms with E-state index in [9.17, 15) is 4.79 Å². The number of hydrogen-bond donors (Lipinski definition) is 0. The highest BCUT2D eigenvalue weighted by Gasteiger charge is 2.10. The molecule has 0 spiro atoms. The molecule has 0 aliphatic heterocycles. The highest BCUT2D eigenvalue weighted by atomic mass is 16.5. The van der Waals surface area contributed by atoms with Gasteiger partial charge in [0.2, 0.25) is 0 Å². The Morgan fingerprint density at radius 3 is 2.53 bits per heavy atom. The molecule has 15 heavy (non-hydrogen) atoms. The van der Waals surface area contributed by atoms with Gasteiger partial charge in [0.25, 0.3) is 0 Å². The van der Waals surface area contributed by atoms with E-state index in [1.54, 1.807) is 0 Å². The summed E-state index contributed by atoms with van der Waals surface area (Å²) in [7, 11) is 0. The zero-order chi connectivity index (χ0) is 11.7. The van der Waals surface area contributed by atoms with Crippen LogP contribution in [0.15, 0.2) is 12.2 Å². The molecule has 0 amide bonds. The van der Waals surface area contributed by atoms with Crippen LogP contribution in [0.2, 0.25) is 0 Å². The summed E-state index contributed by atoms with van der Waals surface area (Å²) in [5.41, 5.74) is 0. The molecule has 2 nitrogen and oxygen atoms in total. The van der Waals surface area contributed by atoms with E-state index in [1.807, 2.05) is 13.8 Å². The normalized spacial score (nSPS) is 13.4. The molecule has 0 aliphatic carbocycles. The predicted octanol–water partition coefficient (Wildman–Crippen LogP) is 3.57. The van der Waals surface area contributed by atoms with Crippen molar-refractivity contribution in [1.82, 2.24) is 0 Å². The Hall–Kier alpha value is -0.790. The lowest BCUT2D eigenvalue weighted by Gasteiger charge is -2.08. The largest absolute Gasteiger partial charge is 0.465 e. The van der Waals surface area contributed by atoms with Crippen LogP contribution in [-0.2, 0) is 9.53 Å². The molecule has 0 N–H and O–H groups in total. The van der Waals surface area contributed by atoms with Gasteiger partial charge in [-0.3, -0.25) is 4.79 Å². The monoisotopic (exact) mass is 212 g/mol. The van der Waals surface area contributed by atoms with Crippen molar-refractivity contribution in [3.63, 3.8) is 0 Å². The van der Waals surface area contributed by atoms with Gasteiger partial charge >= 0.3 is 5.97 Å². The van der Waals surface area contributed by atoms with Crippen LogP contribution in [0.1, 0.15) is 47.0 Å². The molecule has 1 unspecified atom stereocenters. The minimum absolute atomic E-state index is 0.0382. The van der Waals surface area contributed by atoms with E-state index in [0.29, 0.717) is 12.5 Å². The van der Waals surface area contributed by atoms with Gasteiger partial charge in [-0.2, -0.15) is 0 Å². The lowest BCUT2D eigenvalue weighted by atomic mass is 10.1. The van der Waals surface area contributed by atoms with Gasteiger partial charge in [0.15, 0.2) is 0 Å². The summed E-state index contributed by atoms with van der Waals surface area (Å²) in [6.45, 7) is 8.75. The summed E-state index contributed by atoms with van der Waals surface area (Å²) in [4.78, 5) is 11.3. The number of carbonyl (C=O) groups is 1.